The summed E-state index contributed by atoms with van der Waals surface area (Å²) in [6.45, 7) is 0. The van der Waals surface area contributed by atoms with Gasteiger partial charge >= 0.3 is 0 Å². The van der Waals surface area contributed by atoms with E-state index in [-0.39, 0.29) is 18.2 Å². The molecule has 2 atom stereocenters. The minimum absolute atomic E-state index is 0.0499. The van der Waals surface area contributed by atoms with Crippen LogP contribution in [0.25, 0.3) is 0 Å². The minimum Gasteiger partial charge on any atom is -0.290 e. The number of ketones is 1. The van der Waals surface area contributed by atoms with Gasteiger partial charge in [0.2, 0.25) is 6.04 Å². The van der Waals surface area contributed by atoms with Gasteiger partial charge in [-0.05, 0) is 17.7 Å². The lowest BCUT2D eigenvalue weighted by Crippen LogP contribution is -2.24. The molecule has 1 aliphatic heterocycles. The first-order chi connectivity index (χ1) is 11.6. The first-order valence-corrected chi connectivity index (χ1v) is 7.46. The maximum Gasteiger partial charge on any atom is 0.235 e. The molecule has 2 aliphatic rings. The number of allylic oxidation sites excluding steroid dienone is 1. The molecule has 8 nitrogen and oxygen atoms in total. The fourth-order valence-corrected chi connectivity index (χ4v) is 2.48. The predicted octanol–water partition coefficient (Wildman–Crippen LogP) is 2.54. The quantitative estimate of drug-likeness (QED) is 0.521. The number of benzene rings is 1. The number of hydrogen-bond acceptors (Lipinski definition) is 6. The van der Waals surface area contributed by atoms with Gasteiger partial charge in [0.15, 0.2) is 11.6 Å². The van der Waals surface area contributed by atoms with Crippen molar-refractivity contribution in [1.29, 1.82) is 0 Å². The molecule has 1 heterocycles. The van der Waals surface area contributed by atoms with Gasteiger partial charge in [-0.2, -0.15) is 10.2 Å². The van der Waals surface area contributed by atoms with Gasteiger partial charge in [-0.3, -0.25) is 20.3 Å². The molecule has 0 bridgehead atoms. The van der Waals surface area contributed by atoms with Crippen molar-refractivity contribution in [2.24, 2.45) is 15.3 Å². The fraction of sp³-hybridized carbons (Fsp3) is 0.250. The van der Waals surface area contributed by atoms with Crippen molar-refractivity contribution in [3.05, 3.63) is 69.9 Å². The van der Waals surface area contributed by atoms with Gasteiger partial charge in [0.25, 0.3) is 0 Å². The molecule has 8 heteroatoms. The van der Waals surface area contributed by atoms with Crippen molar-refractivity contribution in [2.75, 3.05) is 0 Å². The molecule has 0 saturated heterocycles. The lowest BCUT2D eigenvalue weighted by Gasteiger charge is -2.11. The van der Waals surface area contributed by atoms with Crippen LogP contribution in [-0.2, 0) is 4.79 Å². The number of hydrazone groups is 1. The highest BCUT2D eigenvalue weighted by molar-refractivity contribution is 6.04. The Morgan fingerprint density at radius 2 is 2.08 bits per heavy atom. The molecule has 0 aromatic heterocycles. The van der Waals surface area contributed by atoms with E-state index in [2.05, 4.69) is 20.8 Å². The summed E-state index contributed by atoms with van der Waals surface area (Å²) in [5, 5.41) is 23.1. The molecule has 0 fully saturated rings. The average molecular weight is 325 g/mol. The zero-order chi connectivity index (χ0) is 16.9. The molecule has 3 rings (SSSR count). The maximum atomic E-state index is 11.7. The smallest absolute Gasteiger partial charge is 0.235 e. The Labute approximate surface area is 137 Å². The fourth-order valence-electron chi connectivity index (χ4n) is 2.48. The predicted molar refractivity (Wildman–Crippen MR) is 86.9 cm³/mol. The molecule has 1 aromatic rings. The Morgan fingerprint density at radius 3 is 2.83 bits per heavy atom. The van der Waals surface area contributed by atoms with E-state index in [4.69, 9.17) is 0 Å². The van der Waals surface area contributed by atoms with E-state index in [0.29, 0.717) is 17.8 Å². The highest BCUT2D eigenvalue weighted by Crippen LogP contribution is 2.27. The largest absolute Gasteiger partial charge is 0.290 e. The highest BCUT2D eigenvalue weighted by atomic mass is 16.6. The molecule has 0 saturated carbocycles. The summed E-state index contributed by atoms with van der Waals surface area (Å²) in [7, 11) is 0. The number of nitrogens with one attached hydrogen (secondary N) is 1. The van der Waals surface area contributed by atoms with Crippen molar-refractivity contribution in [3.8, 4) is 0 Å². The SMILES string of the molecule is O=C1C=CC([N+](=O)[O-])CC1=CNN=C1CC(c2ccccc2)N=N1. The van der Waals surface area contributed by atoms with Crippen LogP contribution in [0, 0.1) is 10.1 Å². The van der Waals surface area contributed by atoms with Gasteiger partial charge in [-0.25, -0.2) is 0 Å². The highest BCUT2D eigenvalue weighted by Gasteiger charge is 2.26. The number of carbonyl (C=O) groups excluding carboxylic acids is 1. The number of hydrogen-bond donors (Lipinski definition) is 1. The van der Waals surface area contributed by atoms with Gasteiger partial charge in [0, 0.05) is 29.5 Å². The molecule has 2 unspecified atom stereocenters. The van der Waals surface area contributed by atoms with Crippen molar-refractivity contribution in [1.82, 2.24) is 5.43 Å². The van der Waals surface area contributed by atoms with Gasteiger partial charge in [-0.15, -0.1) is 5.11 Å². The summed E-state index contributed by atoms with van der Waals surface area (Å²) in [4.78, 5) is 22.1. The maximum absolute atomic E-state index is 11.7. The normalized spacial score (nSPS) is 26.2. The number of nitrogens with zero attached hydrogens (tertiary/aromatic N) is 4. The number of rotatable bonds is 4. The average Bonchev–Trinajstić information content (AvgIpc) is 3.06. The Morgan fingerprint density at radius 1 is 1.29 bits per heavy atom. The lowest BCUT2D eigenvalue weighted by atomic mass is 9.97. The third-order valence-corrected chi connectivity index (χ3v) is 3.79. The van der Waals surface area contributed by atoms with E-state index in [1.165, 1.54) is 18.4 Å². The first-order valence-electron chi connectivity index (χ1n) is 7.46. The van der Waals surface area contributed by atoms with Gasteiger partial charge in [-0.1, -0.05) is 30.3 Å². The van der Waals surface area contributed by atoms with Crippen molar-refractivity contribution >= 4 is 11.6 Å². The molecule has 1 aliphatic carbocycles. The number of amidine groups is 1. The van der Waals surface area contributed by atoms with E-state index in [0.717, 1.165) is 5.56 Å². The van der Waals surface area contributed by atoms with Crippen molar-refractivity contribution < 1.29 is 9.72 Å². The van der Waals surface area contributed by atoms with Crippen molar-refractivity contribution in [3.63, 3.8) is 0 Å². The van der Waals surface area contributed by atoms with Crippen molar-refractivity contribution in [2.45, 2.75) is 24.9 Å². The van der Waals surface area contributed by atoms with Gasteiger partial charge in [0.05, 0.1) is 0 Å². The van der Waals surface area contributed by atoms with Gasteiger partial charge in [0.1, 0.15) is 6.04 Å². The Balaban J connectivity index is 1.61. The summed E-state index contributed by atoms with van der Waals surface area (Å²) in [6, 6.07) is 8.84. The zero-order valence-electron chi connectivity index (χ0n) is 12.7. The van der Waals surface area contributed by atoms with Crippen LogP contribution in [0.4, 0.5) is 0 Å². The summed E-state index contributed by atoms with van der Waals surface area (Å²) in [5.41, 5.74) is 4.03. The first kappa shape index (κ1) is 15.7. The lowest BCUT2D eigenvalue weighted by molar-refractivity contribution is -0.508. The molecule has 1 aromatic carbocycles. The van der Waals surface area contributed by atoms with Crippen LogP contribution in [-0.4, -0.2) is 22.6 Å². The van der Waals surface area contributed by atoms with Gasteiger partial charge < -0.3 is 0 Å². The summed E-state index contributed by atoms with van der Waals surface area (Å²) >= 11 is 0. The Kier molecular flexibility index (Phi) is 4.55. The third-order valence-electron chi connectivity index (χ3n) is 3.79. The summed E-state index contributed by atoms with van der Waals surface area (Å²) < 4.78 is 0. The Bertz CT molecular complexity index is 767. The van der Waals surface area contributed by atoms with E-state index in [9.17, 15) is 14.9 Å². The molecule has 0 spiro atoms. The monoisotopic (exact) mass is 325 g/mol. The topological polar surface area (TPSA) is 109 Å². The van der Waals surface area contributed by atoms with Crippen LogP contribution in [0.5, 0.6) is 0 Å². The second-order valence-electron chi connectivity index (χ2n) is 5.45. The molecule has 1 N–H and O–H groups in total. The molecule has 0 amide bonds. The third kappa shape index (κ3) is 3.60. The van der Waals surface area contributed by atoms with Crippen LogP contribution in [0.2, 0.25) is 0 Å². The molecule has 0 radical (unpaired) electrons. The van der Waals surface area contributed by atoms with Crippen LogP contribution in [0.15, 0.2) is 69.6 Å². The van der Waals surface area contributed by atoms with E-state index >= 15 is 0 Å². The molecule has 24 heavy (non-hydrogen) atoms. The number of nitro groups is 1. The van der Waals surface area contributed by atoms with Crippen LogP contribution >= 0.6 is 0 Å². The van der Waals surface area contributed by atoms with E-state index < -0.39 is 11.0 Å². The number of azo groups is 1. The molecule has 122 valence electrons. The second-order valence-corrected chi connectivity index (χ2v) is 5.45. The molecular weight excluding hydrogens is 310 g/mol. The van der Waals surface area contributed by atoms with Crippen LogP contribution in [0.1, 0.15) is 24.4 Å². The number of carbonyl (C=O) groups is 1. The second kappa shape index (κ2) is 6.95. The summed E-state index contributed by atoms with van der Waals surface area (Å²) in [6.07, 6.45) is 4.53. The minimum atomic E-state index is -0.878. The summed E-state index contributed by atoms with van der Waals surface area (Å²) in [5.74, 6) is 0.265. The van der Waals surface area contributed by atoms with E-state index in [1.54, 1.807) is 0 Å². The standard InChI is InChI=1S/C16H15N5O3/c22-15-7-6-13(21(23)24)8-12(15)10-17-19-16-9-14(18-20-16)11-4-2-1-3-5-11/h1-7,10,13-14,17H,8-9H2. The van der Waals surface area contributed by atoms with Crippen LogP contribution in [0.3, 0.4) is 0 Å². The zero-order valence-corrected chi connectivity index (χ0v) is 12.7. The van der Waals surface area contributed by atoms with Crippen LogP contribution < -0.4 is 5.43 Å². The van der Waals surface area contributed by atoms with E-state index in [1.807, 2.05) is 30.3 Å². The Hall–Kier alpha value is -3.16. The molecular formula is C16H15N5O3.